The van der Waals surface area contributed by atoms with Gasteiger partial charge in [0.2, 0.25) is 5.96 Å². The fourth-order valence-electron chi connectivity index (χ4n) is 1.37. The van der Waals surface area contributed by atoms with E-state index in [9.17, 15) is 4.79 Å². The van der Waals surface area contributed by atoms with Crippen molar-refractivity contribution in [3.63, 3.8) is 0 Å². The van der Waals surface area contributed by atoms with Crippen molar-refractivity contribution < 1.29 is 4.79 Å². The quantitative estimate of drug-likeness (QED) is 0.290. The Morgan fingerprint density at radius 1 is 1.29 bits per heavy atom. The van der Waals surface area contributed by atoms with Crippen molar-refractivity contribution in [3.8, 4) is 0 Å². The van der Waals surface area contributed by atoms with Gasteiger partial charge >= 0.3 is 0 Å². The number of hydrogen-bond donors (Lipinski definition) is 4. The molecule has 0 radical (unpaired) electrons. The standard InChI is InChI=1S/C12H12ClN7O/c13-8-1-3-9(4-2-8)19-20(15)12(14)18-11(21)10-7-16-5-6-17-10/h1-7,19H,15H2,(H2,14,18,21). The van der Waals surface area contributed by atoms with Gasteiger partial charge in [-0.3, -0.25) is 25.9 Å². The number of nitrogens with zero attached hydrogens (tertiary/aromatic N) is 3. The molecule has 1 amide bonds. The molecule has 1 heterocycles. The summed E-state index contributed by atoms with van der Waals surface area (Å²) in [5.74, 6) is 4.70. The molecule has 0 spiro atoms. The van der Waals surface area contributed by atoms with Crippen LogP contribution in [0.15, 0.2) is 42.9 Å². The minimum absolute atomic E-state index is 0.0853. The Kier molecular flexibility index (Phi) is 4.64. The topological polar surface area (TPSA) is 120 Å². The molecule has 0 bridgehead atoms. The summed E-state index contributed by atoms with van der Waals surface area (Å²) in [6.45, 7) is 0. The predicted octanol–water partition coefficient (Wildman–Crippen LogP) is 0.997. The molecule has 8 nitrogen and oxygen atoms in total. The van der Waals surface area contributed by atoms with E-state index < -0.39 is 5.91 Å². The summed E-state index contributed by atoms with van der Waals surface area (Å²) in [6, 6.07) is 6.69. The van der Waals surface area contributed by atoms with Crippen LogP contribution in [-0.4, -0.2) is 27.0 Å². The summed E-state index contributed by atoms with van der Waals surface area (Å²) in [5.41, 5.74) is 3.40. The van der Waals surface area contributed by atoms with Crippen molar-refractivity contribution in [3.05, 3.63) is 53.6 Å². The van der Waals surface area contributed by atoms with Gasteiger partial charge < -0.3 is 0 Å². The summed E-state index contributed by atoms with van der Waals surface area (Å²) in [7, 11) is 0. The van der Waals surface area contributed by atoms with Crippen LogP contribution >= 0.6 is 11.6 Å². The van der Waals surface area contributed by atoms with E-state index in [1.807, 2.05) is 0 Å². The van der Waals surface area contributed by atoms with Crippen molar-refractivity contribution >= 4 is 29.2 Å². The van der Waals surface area contributed by atoms with Crippen LogP contribution in [0.3, 0.4) is 0 Å². The molecule has 0 saturated heterocycles. The van der Waals surface area contributed by atoms with E-state index in [1.54, 1.807) is 24.3 Å². The zero-order valence-corrected chi connectivity index (χ0v) is 11.5. The van der Waals surface area contributed by atoms with Gasteiger partial charge in [0.1, 0.15) is 5.69 Å². The Morgan fingerprint density at radius 3 is 2.62 bits per heavy atom. The van der Waals surface area contributed by atoms with Crippen LogP contribution in [0.2, 0.25) is 5.02 Å². The van der Waals surface area contributed by atoms with Gasteiger partial charge in [0.05, 0.1) is 11.9 Å². The molecule has 108 valence electrons. The Morgan fingerprint density at radius 2 is 2.00 bits per heavy atom. The molecule has 21 heavy (non-hydrogen) atoms. The van der Waals surface area contributed by atoms with E-state index in [2.05, 4.69) is 20.7 Å². The largest absolute Gasteiger partial charge is 0.289 e. The molecule has 0 aliphatic rings. The highest BCUT2D eigenvalue weighted by molar-refractivity contribution is 6.30. The van der Waals surface area contributed by atoms with Crippen LogP contribution in [0, 0.1) is 5.41 Å². The number of nitrogens with one attached hydrogen (secondary N) is 3. The first-order valence-corrected chi connectivity index (χ1v) is 6.17. The van der Waals surface area contributed by atoms with Gasteiger partial charge in [-0.1, -0.05) is 11.6 Å². The number of hydrogen-bond acceptors (Lipinski definition) is 6. The molecule has 0 aliphatic carbocycles. The molecule has 9 heteroatoms. The molecule has 2 aromatic rings. The number of rotatable bonds is 3. The van der Waals surface area contributed by atoms with Gasteiger partial charge in [-0.2, -0.15) is 5.12 Å². The number of halogens is 1. The number of hydrazine groups is 2. The maximum atomic E-state index is 11.8. The minimum atomic E-state index is -0.582. The molecule has 1 aromatic heterocycles. The Hall–Kier alpha value is -2.71. The van der Waals surface area contributed by atoms with Crippen LogP contribution in [0.25, 0.3) is 0 Å². The molecule has 0 fully saturated rings. The zero-order valence-electron chi connectivity index (χ0n) is 10.7. The maximum Gasteiger partial charge on any atom is 0.278 e. The average molecular weight is 306 g/mol. The van der Waals surface area contributed by atoms with Crippen LogP contribution in [0.1, 0.15) is 10.5 Å². The first-order valence-electron chi connectivity index (χ1n) is 5.79. The highest BCUT2D eigenvalue weighted by Gasteiger charge is 2.12. The van der Waals surface area contributed by atoms with Crippen LogP contribution < -0.4 is 16.6 Å². The lowest BCUT2D eigenvalue weighted by atomic mass is 10.3. The molecular weight excluding hydrogens is 294 g/mol. The predicted molar refractivity (Wildman–Crippen MR) is 78.3 cm³/mol. The van der Waals surface area contributed by atoms with E-state index in [0.29, 0.717) is 10.7 Å². The highest BCUT2D eigenvalue weighted by Crippen LogP contribution is 2.13. The fourth-order valence-corrected chi connectivity index (χ4v) is 1.49. The second-order valence-corrected chi connectivity index (χ2v) is 4.32. The van der Waals surface area contributed by atoms with Crippen molar-refractivity contribution in [1.82, 2.24) is 20.4 Å². The van der Waals surface area contributed by atoms with Gasteiger partial charge in [0.25, 0.3) is 5.91 Å². The molecule has 2 rings (SSSR count). The number of benzene rings is 1. The molecular formula is C12H12ClN7O. The lowest BCUT2D eigenvalue weighted by molar-refractivity contribution is 0.0967. The summed E-state index contributed by atoms with van der Waals surface area (Å²) in [5, 5.41) is 11.4. The molecule has 0 unspecified atom stereocenters. The van der Waals surface area contributed by atoms with Crippen molar-refractivity contribution in [2.45, 2.75) is 0 Å². The van der Waals surface area contributed by atoms with Crippen molar-refractivity contribution in [1.29, 1.82) is 5.41 Å². The monoisotopic (exact) mass is 305 g/mol. The minimum Gasteiger partial charge on any atom is -0.289 e. The van der Waals surface area contributed by atoms with Gasteiger partial charge in [-0.15, -0.1) is 0 Å². The zero-order chi connectivity index (χ0) is 15.2. The van der Waals surface area contributed by atoms with E-state index in [-0.39, 0.29) is 11.7 Å². The van der Waals surface area contributed by atoms with Crippen LogP contribution in [-0.2, 0) is 0 Å². The normalized spacial score (nSPS) is 9.81. The number of anilines is 1. The maximum absolute atomic E-state index is 11.8. The summed E-state index contributed by atoms with van der Waals surface area (Å²) >= 11 is 5.76. The first-order chi connectivity index (χ1) is 10.1. The summed E-state index contributed by atoms with van der Waals surface area (Å²) < 4.78 is 0. The lowest BCUT2D eigenvalue weighted by Crippen LogP contribution is -2.50. The van der Waals surface area contributed by atoms with E-state index in [0.717, 1.165) is 5.12 Å². The molecule has 0 aliphatic heterocycles. The number of aromatic nitrogens is 2. The molecule has 0 saturated carbocycles. The van der Waals surface area contributed by atoms with Gasteiger partial charge in [-0.05, 0) is 24.3 Å². The Balaban J connectivity index is 1.93. The number of amides is 1. The average Bonchev–Trinajstić information content (AvgIpc) is 2.50. The third-order valence-electron chi connectivity index (χ3n) is 2.36. The van der Waals surface area contributed by atoms with E-state index >= 15 is 0 Å². The SMILES string of the molecule is N=C(NC(=O)c1cnccn1)N(N)Nc1ccc(Cl)cc1. The number of carbonyl (C=O) groups excluding carboxylic acids is 1. The van der Waals surface area contributed by atoms with Gasteiger partial charge in [0.15, 0.2) is 0 Å². The van der Waals surface area contributed by atoms with Crippen LogP contribution in [0.4, 0.5) is 5.69 Å². The van der Waals surface area contributed by atoms with Crippen LogP contribution in [0.5, 0.6) is 0 Å². The fraction of sp³-hybridized carbons (Fsp3) is 0. The number of carbonyl (C=O) groups is 1. The Labute approximate surface area is 125 Å². The molecule has 0 atom stereocenters. The van der Waals surface area contributed by atoms with E-state index in [1.165, 1.54) is 18.6 Å². The Bertz CT molecular complexity index is 632. The number of nitrogens with two attached hydrogens (primary N) is 1. The van der Waals surface area contributed by atoms with Gasteiger partial charge in [-0.25, -0.2) is 10.8 Å². The highest BCUT2D eigenvalue weighted by atomic mass is 35.5. The first kappa shape index (κ1) is 14.7. The molecule has 1 aromatic carbocycles. The summed E-state index contributed by atoms with van der Waals surface area (Å²) in [4.78, 5) is 19.4. The second-order valence-electron chi connectivity index (χ2n) is 3.88. The van der Waals surface area contributed by atoms with E-state index in [4.69, 9.17) is 22.9 Å². The second kappa shape index (κ2) is 6.64. The third kappa shape index (κ3) is 4.13. The third-order valence-corrected chi connectivity index (χ3v) is 2.61. The van der Waals surface area contributed by atoms with Gasteiger partial charge in [0, 0.05) is 17.4 Å². The smallest absolute Gasteiger partial charge is 0.278 e. The van der Waals surface area contributed by atoms with Crippen molar-refractivity contribution in [2.24, 2.45) is 5.84 Å². The summed E-state index contributed by atoms with van der Waals surface area (Å²) in [6.07, 6.45) is 4.11. The number of guanidine groups is 1. The lowest BCUT2D eigenvalue weighted by Gasteiger charge is -2.21. The molecule has 5 N–H and O–H groups in total. The van der Waals surface area contributed by atoms with Crippen molar-refractivity contribution in [2.75, 3.05) is 5.43 Å².